The number of hydrogen-bond acceptors (Lipinski definition) is 2. The number of rotatable bonds is 5. The van der Waals surface area contributed by atoms with E-state index in [9.17, 15) is 4.79 Å². The maximum atomic E-state index is 11.2. The summed E-state index contributed by atoms with van der Waals surface area (Å²) in [6, 6.07) is 5.19. The van der Waals surface area contributed by atoms with Crippen LogP contribution in [0.1, 0.15) is 44.0 Å². The minimum atomic E-state index is -0.0295. The molecule has 0 aliphatic heterocycles. The average Bonchev–Trinajstić information content (AvgIpc) is 2.17. The van der Waals surface area contributed by atoms with Gasteiger partial charge in [-0.2, -0.15) is 0 Å². The normalized spacial score (nSPS) is 12.2. The lowest BCUT2D eigenvalue weighted by atomic mass is 10.1. The number of ketones is 1. The molecule has 1 atom stereocenters. The van der Waals surface area contributed by atoms with Crippen LogP contribution in [0.3, 0.4) is 0 Å². The highest BCUT2D eigenvalue weighted by atomic mass is 35.5. The zero-order valence-corrected chi connectivity index (χ0v) is 10.7. The molecule has 0 amide bonds. The molecule has 1 aromatic carbocycles. The van der Waals surface area contributed by atoms with E-state index < -0.39 is 0 Å². The van der Waals surface area contributed by atoms with Gasteiger partial charge in [0.05, 0.1) is 11.1 Å². The fourth-order valence-corrected chi connectivity index (χ4v) is 1.86. The van der Waals surface area contributed by atoms with Crippen LogP contribution in [0.25, 0.3) is 0 Å². The summed E-state index contributed by atoms with van der Waals surface area (Å²) >= 11 is 5.98. The van der Waals surface area contributed by atoms with Gasteiger partial charge < -0.3 is 4.74 Å². The highest BCUT2D eigenvalue weighted by Gasteiger charge is 2.08. The molecule has 16 heavy (non-hydrogen) atoms. The second-order valence-electron chi connectivity index (χ2n) is 3.91. The number of ether oxygens (including phenoxy) is 1. The third kappa shape index (κ3) is 3.53. The molecule has 88 valence electrons. The molecule has 0 N–H and O–H groups in total. The van der Waals surface area contributed by atoms with Gasteiger partial charge in [0.25, 0.3) is 0 Å². The van der Waals surface area contributed by atoms with Gasteiger partial charge in [-0.15, -0.1) is 0 Å². The third-order valence-electron chi connectivity index (χ3n) is 2.35. The summed E-state index contributed by atoms with van der Waals surface area (Å²) < 4.78 is 5.67. The van der Waals surface area contributed by atoms with E-state index in [2.05, 4.69) is 6.92 Å². The van der Waals surface area contributed by atoms with Crippen molar-refractivity contribution in [2.75, 3.05) is 0 Å². The molecule has 0 fully saturated rings. The molecule has 0 saturated carbocycles. The molecule has 0 saturated heterocycles. The molecule has 3 heteroatoms. The summed E-state index contributed by atoms with van der Waals surface area (Å²) in [5.41, 5.74) is 0.539. The Kier molecular flexibility index (Phi) is 4.81. The Labute approximate surface area is 102 Å². The molecule has 0 aliphatic carbocycles. The molecule has 0 aliphatic rings. The number of Topliss-reactive ketones (excluding diaryl/α,β-unsaturated/α-hetero) is 1. The van der Waals surface area contributed by atoms with Crippen LogP contribution >= 0.6 is 11.6 Å². The average molecular weight is 241 g/mol. The molecular weight excluding hydrogens is 224 g/mol. The van der Waals surface area contributed by atoms with Gasteiger partial charge in [-0.3, -0.25) is 4.79 Å². The smallest absolute Gasteiger partial charge is 0.161 e. The van der Waals surface area contributed by atoms with E-state index in [1.54, 1.807) is 18.2 Å². The van der Waals surface area contributed by atoms with E-state index >= 15 is 0 Å². The molecular formula is C13H17ClO2. The van der Waals surface area contributed by atoms with Gasteiger partial charge in [0, 0.05) is 5.56 Å². The Balaban J connectivity index is 2.77. The molecule has 1 rings (SSSR count). The molecule has 0 spiro atoms. The topological polar surface area (TPSA) is 26.3 Å². The fourth-order valence-electron chi connectivity index (χ4n) is 1.55. The summed E-state index contributed by atoms with van der Waals surface area (Å²) in [4.78, 5) is 11.2. The second kappa shape index (κ2) is 5.90. The Morgan fingerprint density at radius 2 is 2.19 bits per heavy atom. The van der Waals surface area contributed by atoms with Gasteiger partial charge in [0.2, 0.25) is 0 Å². The van der Waals surface area contributed by atoms with Gasteiger partial charge in [-0.1, -0.05) is 24.9 Å². The lowest BCUT2D eigenvalue weighted by Crippen LogP contribution is -2.11. The van der Waals surface area contributed by atoms with Crippen molar-refractivity contribution in [2.24, 2.45) is 0 Å². The van der Waals surface area contributed by atoms with Crippen molar-refractivity contribution < 1.29 is 9.53 Å². The van der Waals surface area contributed by atoms with Gasteiger partial charge in [0.15, 0.2) is 5.78 Å². The maximum Gasteiger partial charge on any atom is 0.161 e. The predicted molar refractivity (Wildman–Crippen MR) is 66.5 cm³/mol. The number of hydrogen-bond donors (Lipinski definition) is 0. The van der Waals surface area contributed by atoms with Crippen LogP contribution in [0.4, 0.5) is 0 Å². The van der Waals surface area contributed by atoms with Crippen molar-refractivity contribution in [3.63, 3.8) is 0 Å². The van der Waals surface area contributed by atoms with E-state index in [4.69, 9.17) is 16.3 Å². The molecule has 1 aromatic rings. The zero-order chi connectivity index (χ0) is 12.1. The van der Waals surface area contributed by atoms with Crippen molar-refractivity contribution in [1.82, 2.24) is 0 Å². The molecule has 0 heterocycles. The Bertz CT molecular complexity index is 374. The van der Waals surface area contributed by atoms with E-state index in [-0.39, 0.29) is 11.9 Å². The van der Waals surface area contributed by atoms with E-state index in [0.717, 1.165) is 18.6 Å². The summed E-state index contributed by atoms with van der Waals surface area (Å²) in [6.07, 6.45) is 2.26. The maximum absolute atomic E-state index is 11.2. The van der Waals surface area contributed by atoms with Crippen molar-refractivity contribution >= 4 is 17.4 Å². The first-order valence-corrected chi connectivity index (χ1v) is 5.89. The van der Waals surface area contributed by atoms with Crippen LogP contribution in [0, 0.1) is 0 Å². The molecule has 0 aromatic heterocycles. The fraction of sp³-hybridized carbons (Fsp3) is 0.462. The first kappa shape index (κ1) is 13.0. The molecule has 0 bridgehead atoms. The lowest BCUT2D eigenvalue weighted by Gasteiger charge is -2.14. The summed E-state index contributed by atoms with van der Waals surface area (Å²) in [5, 5.41) is 0.452. The third-order valence-corrected chi connectivity index (χ3v) is 2.67. The van der Waals surface area contributed by atoms with Crippen LogP contribution < -0.4 is 4.74 Å². The molecule has 2 nitrogen and oxygen atoms in total. The van der Waals surface area contributed by atoms with Crippen LogP contribution in [0.5, 0.6) is 5.75 Å². The van der Waals surface area contributed by atoms with Crippen LogP contribution in [0.15, 0.2) is 18.2 Å². The summed E-state index contributed by atoms with van der Waals surface area (Å²) in [5.74, 6) is 0.689. The minimum absolute atomic E-state index is 0.0295. The Morgan fingerprint density at radius 1 is 1.50 bits per heavy atom. The number of benzene rings is 1. The summed E-state index contributed by atoms with van der Waals surface area (Å²) in [6.45, 7) is 5.64. The van der Waals surface area contributed by atoms with E-state index in [1.807, 2.05) is 6.92 Å². The highest BCUT2D eigenvalue weighted by molar-refractivity contribution is 6.34. The van der Waals surface area contributed by atoms with Gasteiger partial charge in [0.1, 0.15) is 5.75 Å². The first-order chi connectivity index (χ1) is 7.54. The standard InChI is InChI=1S/C13H17ClO2/c1-4-5-9(2)16-11-6-7-12(10(3)15)13(14)8-11/h6-9H,4-5H2,1-3H3. The largest absolute Gasteiger partial charge is 0.491 e. The van der Waals surface area contributed by atoms with Crippen molar-refractivity contribution in [3.8, 4) is 5.75 Å². The van der Waals surface area contributed by atoms with Crippen molar-refractivity contribution in [2.45, 2.75) is 39.7 Å². The Morgan fingerprint density at radius 3 is 2.69 bits per heavy atom. The number of carbonyl (C=O) groups excluding carboxylic acids is 1. The molecule has 1 unspecified atom stereocenters. The SMILES string of the molecule is CCCC(C)Oc1ccc(C(C)=O)c(Cl)c1. The highest BCUT2D eigenvalue weighted by Crippen LogP contribution is 2.24. The van der Waals surface area contributed by atoms with Crippen molar-refractivity contribution in [3.05, 3.63) is 28.8 Å². The quantitative estimate of drug-likeness (QED) is 0.724. The first-order valence-electron chi connectivity index (χ1n) is 5.51. The van der Waals surface area contributed by atoms with Crippen LogP contribution in [-0.4, -0.2) is 11.9 Å². The number of carbonyl (C=O) groups is 1. The van der Waals surface area contributed by atoms with E-state index in [0.29, 0.717) is 10.6 Å². The van der Waals surface area contributed by atoms with Crippen molar-refractivity contribution in [1.29, 1.82) is 0 Å². The van der Waals surface area contributed by atoms with Gasteiger partial charge in [-0.25, -0.2) is 0 Å². The predicted octanol–water partition coefficient (Wildman–Crippen LogP) is 4.11. The summed E-state index contributed by atoms with van der Waals surface area (Å²) in [7, 11) is 0. The lowest BCUT2D eigenvalue weighted by molar-refractivity contribution is 0.101. The van der Waals surface area contributed by atoms with Gasteiger partial charge >= 0.3 is 0 Å². The zero-order valence-electron chi connectivity index (χ0n) is 9.92. The minimum Gasteiger partial charge on any atom is -0.491 e. The molecule has 0 radical (unpaired) electrons. The second-order valence-corrected chi connectivity index (χ2v) is 4.32. The Hall–Kier alpha value is -1.02. The van der Waals surface area contributed by atoms with Crippen LogP contribution in [0.2, 0.25) is 5.02 Å². The van der Waals surface area contributed by atoms with E-state index in [1.165, 1.54) is 6.92 Å². The monoisotopic (exact) mass is 240 g/mol. The van der Waals surface area contributed by atoms with Gasteiger partial charge in [-0.05, 0) is 38.5 Å². The van der Waals surface area contributed by atoms with Crippen LogP contribution in [-0.2, 0) is 0 Å². The number of halogens is 1.